The largest absolute Gasteiger partial charge is 0.324 e. The van der Waals surface area contributed by atoms with Crippen LogP contribution in [0.2, 0.25) is 0 Å². The second-order valence-corrected chi connectivity index (χ2v) is 8.88. The van der Waals surface area contributed by atoms with Gasteiger partial charge in [0.05, 0.1) is 15.5 Å². The van der Waals surface area contributed by atoms with Gasteiger partial charge in [0.1, 0.15) is 6.54 Å². The normalized spacial score (nSPS) is 11.0. The number of carbonyl (C=O) groups is 1. The van der Waals surface area contributed by atoms with E-state index < -0.39 is 27.4 Å². The maximum atomic E-state index is 13.3. The van der Waals surface area contributed by atoms with Crippen molar-refractivity contribution in [2.24, 2.45) is 0 Å². The minimum atomic E-state index is -4.03. The molecule has 0 saturated carbocycles. The van der Waals surface area contributed by atoms with Crippen molar-refractivity contribution >= 4 is 33.0 Å². The average molecular weight is 439 g/mol. The molecule has 0 spiro atoms. The molecule has 0 aromatic heterocycles. The zero-order chi connectivity index (χ0) is 22.6. The van der Waals surface area contributed by atoms with Crippen LogP contribution in [0.25, 0.3) is 0 Å². The van der Waals surface area contributed by atoms with Gasteiger partial charge in [-0.3, -0.25) is 19.2 Å². The van der Waals surface area contributed by atoms with Crippen LogP contribution in [0.4, 0.5) is 17.1 Å². The molecule has 3 aromatic carbocycles. The van der Waals surface area contributed by atoms with Crippen molar-refractivity contribution in [1.82, 2.24) is 0 Å². The lowest BCUT2D eigenvalue weighted by molar-refractivity contribution is -0.384. The Labute approximate surface area is 180 Å². The summed E-state index contributed by atoms with van der Waals surface area (Å²) in [5.41, 5.74) is 2.11. The standard InChI is InChI=1S/C22H21N3O5S/c1-16-9-11-21(12-10-16)31(29,30)24(19-7-3-5-17(2)13-19)15-22(26)23-18-6-4-8-20(14-18)25(27)28/h3-14H,15H2,1-2H3,(H,23,26). The lowest BCUT2D eigenvalue weighted by Crippen LogP contribution is -2.38. The maximum Gasteiger partial charge on any atom is 0.271 e. The summed E-state index contributed by atoms with van der Waals surface area (Å²) in [4.78, 5) is 23.1. The van der Waals surface area contributed by atoms with Gasteiger partial charge in [-0.05, 0) is 49.7 Å². The van der Waals surface area contributed by atoms with Crippen LogP contribution in [0, 0.1) is 24.0 Å². The molecule has 31 heavy (non-hydrogen) atoms. The number of nitro benzene ring substituents is 1. The third-order valence-corrected chi connectivity index (χ3v) is 6.31. The van der Waals surface area contributed by atoms with Crippen molar-refractivity contribution < 1.29 is 18.1 Å². The Bertz CT molecular complexity index is 1220. The van der Waals surface area contributed by atoms with Gasteiger partial charge in [-0.2, -0.15) is 0 Å². The number of aryl methyl sites for hydroxylation is 2. The molecule has 0 bridgehead atoms. The Morgan fingerprint density at radius 2 is 1.65 bits per heavy atom. The molecule has 0 aliphatic rings. The zero-order valence-electron chi connectivity index (χ0n) is 17.0. The number of hydrogen-bond acceptors (Lipinski definition) is 5. The van der Waals surface area contributed by atoms with Crippen LogP contribution < -0.4 is 9.62 Å². The molecule has 3 aromatic rings. The number of amides is 1. The lowest BCUT2D eigenvalue weighted by atomic mass is 10.2. The van der Waals surface area contributed by atoms with Crippen molar-refractivity contribution in [3.63, 3.8) is 0 Å². The number of benzene rings is 3. The highest BCUT2D eigenvalue weighted by Gasteiger charge is 2.27. The van der Waals surface area contributed by atoms with Crippen LogP contribution in [0.1, 0.15) is 11.1 Å². The topological polar surface area (TPSA) is 110 Å². The summed E-state index contributed by atoms with van der Waals surface area (Å²) >= 11 is 0. The van der Waals surface area contributed by atoms with Crippen molar-refractivity contribution in [3.05, 3.63) is 94.0 Å². The Morgan fingerprint density at radius 1 is 0.968 bits per heavy atom. The Kier molecular flexibility index (Phi) is 6.36. The van der Waals surface area contributed by atoms with E-state index in [2.05, 4.69) is 5.32 Å². The van der Waals surface area contributed by atoms with Gasteiger partial charge in [0, 0.05) is 17.8 Å². The number of nitrogens with one attached hydrogen (secondary N) is 1. The van der Waals surface area contributed by atoms with Gasteiger partial charge in [0.2, 0.25) is 5.91 Å². The highest BCUT2D eigenvalue weighted by atomic mass is 32.2. The van der Waals surface area contributed by atoms with E-state index in [0.717, 1.165) is 15.4 Å². The highest BCUT2D eigenvalue weighted by Crippen LogP contribution is 2.25. The molecule has 1 amide bonds. The fourth-order valence-corrected chi connectivity index (χ4v) is 4.38. The lowest BCUT2D eigenvalue weighted by Gasteiger charge is -2.24. The fourth-order valence-electron chi connectivity index (χ4n) is 2.96. The SMILES string of the molecule is Cc1ccc(S(=O)(=O)N(CC(=O)Nc2cccc([N+](=O)[O-])c2)c2cccc(C)c2)cc1. The van der Waals surface area contributed by atoms with E-state index in [1.165, 1.54) is 36.4 Å². The predicted octanol–water partition coefficient (Wildman–Crippen LogP) is 4.05. The number of nitrogens with zero attached hydrogens (tertiary/aromatic N) is 2. The van der Waals surface area contributed by atoms with E-state index in [4.69, 9.17) is 0 Å². The second-order valence-electron chi connectivity index (χ2n) is 7.02. The van der Waals surface area contributed by atoms with Crippen LogP contribution >= 0.6 is 0 Å². The predicted molar refractivity (Wildman–Crippen MR) is 119 cm³/mol. The number of hydrogen-bond donors (Lipinski definition) is 1. The van der Waals surface area contributed by atoms with Gasteiger partial charge in [-0.15, -0.1) is 0 Å². The molecule has 0 aliphatic heterocycles. The van der Waals surface area contributed by atoms with Crippen molar-refractivity contribution in [3.8, 4) is 0 Å². The highest BCUT2D eigenvalue weighted by molar-refractivity contribution is 7.92. The zero-order valence-corrected chi connectivity index (χ0v) is 17.8. The van der Waals surface area contributed by atoms with Gasteiger partial charge in [-0.25, -0.2) is 8.42 Å². The molecule has 0 radical (unpaired) electrons. The minimum Gasteiger partial charge on any atom is -0.324 e. The monoisotopic (exact) mass is 439 g/mol. The molecular weight excluding hydrogens is 418 g/mol. The Balaban J connectivity index is 1.93. The summed E-state index contributed by atoms with van der Waals surface area (Å²) < 4.78 is 27.7. The van der Waals surface area contributed by atoms with Gasteiger partial charge >= 0.3 is 0 Å². The van der Waals surface area contributed by atoms with Crippen LogP contribution in [0.5, 0.6) is 0 Å². The van der Waals surface area contributed by atoms with Crippen molar-refractivity contribution in [1.29, 1.82) is 0 Å². The molecule has 1 N–H and O–H groups in total. The van der Waals surface area contributed by atoms with Crippen molar-refractivity contribution in [2.45, 2.75) is 18.7 Å². The van der Waals surface area contributed by atoms with Crippen LogP contribution in [-0.2, 0) is 14.8 Å². The number of carbonyl (C=O) groups excluding carboxylic acids is 1. The minimum absolute atomic E-state index is 0.0581. The quantitative estimate of drug-likeness (QED) is 0.441. The van der Waals surface area contributed by atoms with E-state index in [1.54, 1.807) is 30.3 Å². The molecule has 160 valence electrons. The number of sulfonamides is 1. The van der Waals surface area contributed by atoms with Crippen LogP contribution in [0.15, 0.2) is 77.7 Å². The molecule has 9 heteroatoms. The summed E-state index contributed by atoms with van der Waals surface area (Å²) in [5.74, 6) is -0.627. The smallest absolute Gasteiger partial charge is 0.271 e. The van der Waals surface area contributed by atoms with Crippen LogP contribution in [-0.4, -0.2) is 25.8 Å². The summed E-state index contributed by atoms with van der Waals surface area (Å²) in [6.45, 7) is 3.17. The van der Waals surface area contributed by atoms with Gasteiger partial charge in [-0.1, -0.05) is 35.9 Å². The van der Waals surface area contributed by atoms with E-state index in [-0.39, 0.29) is 16.3 Å². The third kappa shape index (κ3) is 5.26. The number of anilines is 2. The fraction of sp³-hybridized carbons (Fsp3) is 0.136. The molecule has 0 fully saturated rings. The second kappa shape index (κ2) is 8.97. The number of nitro groups is 1. The molecule has 8 nitrogen and oxygen atoms in total. The summed E-state index contributed by atoms with van der Waals surface area (Å²) in [6, 6.07) is 18.6. The van der Waals surface area contributed by atoms with E-state index in [9.17, 15) is 23.3 Å². The van der Waals surface area contributed by atoms with Crippen LogP contribution in [0.3, 0.4) is 0 Å². The molecule has 0 unspecified atom stereocenters. The summed E-state index contributed by atoms with van der Waals surface area (Å²) in [5, 5.41) is 13.5. The Hall–Kier alpha value is -3.72. The summed E-state index contributed by atoms with van der Waals surface area (Å²) in [6.07, 6.45) is 0. The maximum absolute atomic E-state index is 13.3. The molecule has 0 aliphatic carbocycles. The Morgan fingerprint density at radius 3 is 2.29 bits per heavy atom. The number of non-ortho nitro benzene ring substituents is 1. The van der Waals surface area contributed by atoms with Gasteiger partial charge < -0.3 is 5.32 Å². The first-order valence-corrected chi connectivity index (χ1v) is 10.8. The van der Waals surface area contributed by atoms with Gasteiger partial charge in [0.15, 0.2) is 0 Å². The van der Waals surface area contributed by atoms with E-state index in [0.29, 0.717) is 5.69 Å². The third-order valence-electron chi connectivity index (χ3n) is 4.53. The van der Waals surface area contributed by atoms with E-state index in [1.807, 2.05) is 19.9 Å². The van der Waals surface area contributed by atoms with E-state index >= 15 is 0 Å². The number of rotatable bonds is 7. The molecule has 0 saturated heterocycles. The van der Waals surface area contributed by atoms with Crippen molar-refractivity contribution in [2.75, 3.05) is 16.2 Å². The molecule has 0 heterocycles. The summed E-state index contributed by atoms with van der Waals surface area (Å²) in [7, 11) is -4.03. The molecular formula is C22H21N3O5S. The average Bonchev–Trinajstić information content (AvgIpc) is 2.72. The first-order chi connectivity index (χ1) is 14.7. The first-order valence-electron chi connectivity index (χ1n) is 9.37. The first kappa shape index (κ1) is 22.0. The molecule has 3 rings (SSSR count). The van der Waals surface area contributed by atoms with Gasteiger partial charge in [0.25, 0.3) is 15.7 Å². The molecule has 0 atom stereocenters.